The predicted octanol–water partition coefficient (Wildman–Crippen LogP) is 5.44. The van der Waals surface area contributed by atoms with Crippen molar-refractivity contribution < 1.29 is 4.39 Å². The topological polar surface area (TPSA) is 46.0 Å². The van der Waals surface area contributed by atoms with Crippen LogP contribution in [0, 0.1) is 19.7 Å². The maximum Gasteiger partial charge on any atom is 0.207 e. The predicted molar refractivity (Wildman–Crippen MR) is 137 cm³/mol. The van der Waals surface area contributed by atoms with Crippen molar-refractivity contribution in [3.8, 4) is 11.3 Å². The molecule has 0 spiro atoms. The van der Waals surface area contributed by atoms with E-state index in [9.17, 15) is 4.39 Å². The number of nitrogens with one attached hydrogen (secondary N) is 1. The summed E-state index contributed by atoms with van der Waals surface area (Å²) in [6.07, 6.45) is 0. The first-order valence-corrected chi connectivity index (χ1v) is 12.1. The van der Waals surface area contributed by atoms with Gasteiger partial charge >= 0.3 is 0 Å². The van der Waals surface area contributed by atoms with Gasteiger partial charge in [-0.25, -0.2) is 9.37 Å². The van der Waals surface area contributed by atoms with Gasteiger partial charge in [0.25, 0.3) is 0 Å². The standard InChI is InChI=1S/C28H32FN5/c1-18(2)22-7-5-6-8-23(22)26-27-25(16-20(4)31-26)34(17-21-9-10-24(29)19(3)15-21)28(32-27)33-13-11-30-12-14-33/h5-10,15-16,18,30H,11-14,17H2,1-4H3. The summed E-state index contributed by atoms with van der Waals surface area (Å²) in [5.74, 6) is 1.16. The van der Waals surface area contributed by atoms with Crippen LogP contribution in [0.3, 0.4) is 0 Å². The van der Waals surface area contributed by atoms with E-state index in [4.69, 9.17) is 9.97 Å². The maximum atomic E-state index is 14.0. The van der Waals surface area contributed by atoms with Gasteiger partial charge in [0.05, 0.1) is 17.8 Å². The number of imidazole rings is 1. The number of piperazine rings is 1. The summed E-state index contributed by atoms with van der Waals surface area (Å²) in [6, 6.07) is 16.0. The van der Waals surface area contributed by atoms with Crippen molar-refractivity contribution in [2.75, 3.05) is 31.1 Å². The van der Waals surface area contributed by atoms with Gasteiger partial charge in [0, 0.05) is 37.4 Å². The van der Waals surface area contributed by atoms with Gasteiger partial charge in [-0.2, -0.15) is 0 Å². The SMILES string of the molecule is Cc1cc2c(nc(N3CCNCC3)n2Cc2ccc(F)c(C)c2)c(-c2ccccc2C(C)C)n1. The van der Waals surface area contributed by atoms with Gasteiger partial charge < -0.3 is 14.8 Å². The molecule has 1 aliphatic heterocycles. The Morgan fingerprint density at radius 2 is 1.76 bits per heavy atom. The molecule has 0 aliphatic carbocycles. The number of benzene rings is 2. The molecule has 0 radical (unpaired) electrons. The Morgan fingerprint density at radius 3 is 2.50 bits per heavy atom. The maximum absolute atomic E-state index is 14.0. The van der Waals surface area contributed by atoms with Crippen LogP contribution in [0.15, 0.2) is 48.5 Å². The lowest BCUT2D eigenvalue weighted by molar-refractivity contribution is 0.571. The number of aromatic nitrogens is 3. The molecule has 2 aromatic carbocycles. The fourth-order valence-corrected chi connectivity index (χ4v) is 4.89. The van der Waals surface area contributed by atoms with Crippen molar-refractivity contribution in [1.82, 2.24) is 19.9 Å². The molecule has 5 nitrogen and oxygen atoms in total. The summed E-state index contributed by atoms with van der Waals surface area (Å²) in [6.45, 7) is 12.6. The normalized spacial score (nSPS) is 14.4. The van der Waals surface area contributed by atoms with Gasteiger partial charge in [0.2, 0.25) is 5.95 Å². The van der Waals surface area contributed by atoms with E-state index in [0.717, 1.165) is 65.7 Å². The number of halogens is 1. The number of rotatable bonds is 5. The van der Waals surface area contributed by atoms with Gasteiger partial charge in [-0.1, -0.05) is 50.2 Å². The van der Waals surface area contributed by atoms with Crippen LogP contribution in [0.25, 0.3) is 22.3 Å². The summed E-state index contributed by atoms with van der Waals surface area (Å²) >= 11 is 0. The van der Waals surface area contributed by atoms with Crippen molar-refractivity contribution in [2.45, 2.75) is 40.2 Å². The fourth-order valence-electron chi connectivity index (χ4n) is 4.89. The molecular formula is C28H32FN5. The number of hydrogen-bond donors (Lipinski definition) is 1. The smallest absolute Gasteiger partial charge is 0.207 e. The van der Waals surface area contributed by atoms with Crippen molar-refractivity contribution in [2.24, 2.45) is 0 Å². The first-order chi connectivity index (χ1) is 16.4. The molecule has 0 amide bonds. The number of hydrogen-bond acceptors (Lipinski definition) is 4. The molecule has 1 N–H and O–H groups in total. The number of fused-ring (bicyclic) bond motifs is 1. The lowest BCUT2D eigenvalue weighted by atomic mass is 9.94. The third-order valence-corrected chi connectivity index (χ3v) is 6.65. The number of aryl methyl sites for hydroxylation is 2. The number of nitrogens with zero attached hydrogens (tertiary/aromatic N) is 4. The average molecular weight is 458 g/mol. The molecule has 4 aromatic rings. The van der Waals surface area contributed by atoms with Crippen molar-refractivity contribution in [1.29, 1.82) is 0 Å². The monoisotopic (exact) mass is 457 g/mol. The van der Waals surface area contributed by atoms with Crippen LogP contribution >= 0.6 is 0 Å². The van der Waals surface area contributed by atoms with E-state index < -0.39 is 0 Å². The quantitative estimate of drug-likeness (QED) is 0.434. The molecule has 34 heavy (non-hydrogen) atoms. The largest absolute Gasteiger partial charge is 0.340 e. The molecule has 1 aliphatic rings. The molecule has 6 heteroatoms. The second kappa shape index (κ2) is 9.18. The van der Waals surface area contributed by atoms with Crippen LogP contribution in [-0.4, -0.2) is 40.7 Å². The number of anilines is 1. The highest BCUT2D eigenvalue weighted by Crippen LogP contribution is 2.35. The molecule has 1 saturated heterocycles. The van der Waals surface area contributed by atoms with Gasteiger partial charge in [0.15, 0.2) is 0 Å². The minimum Gasteiger partial charge on any atom is -0.340 e. The molecule has 3 heterocycles. The molecule has 2 aromatic heterocycles. The Balaban J connectivity index is 1.73. The van der Waals surface area contributed by atoms with Gasteiger partial charge in [-0.3, -0.25) is 4.98 Å². The molecule has 0 unspecified atom stereocenters. The first kappa shape index (κ1) is 22.5. The van der Waals surface area contributed by atoms with Crippen molar-refractivity contribution in [3.05, 3.63) is 76.7 Å². The van der Waals surface area contributed by atoms with Gasteiger partial charge in [-0.15, -0.1) is 0 Å². The Kier molecular flexibility index (Phi) is 6.09. The van der Waals surface area contributed by atoms with E-state index in [0.29, 0.717) is 18.0 Å². The minimum absolute atomic E-state index is 0.172. The van der Waals surface area contributed by atoms with E-state index >= 15 is 0 Å². The Morgan fingerprint density at radius 1 is 1.00 bits per heavy atom. The van der Waals surface area contributed by atoms with Gasteiger partial charge in [-0.05, 0) is 48.6 Å². The van der Waals surface area contributed by atoms with Crippen LogP contribution in [0.1, 0.15) is 42.1 Å². The summed E-state index contributed by atoms with van der Waals surface area (Å²) in [5, 5.41) is 3.43. The second-order valence-electron chi connectivity index (χ2n) is 9.54. The van der Waals surface area contributed by atoms with Crippen LogP contribution in [0.4, 0.5) is 10.3 Å². The zero-order valence-electron chi connectivity index (χ0n) is 20.4. The Hall–Kier alpha value is -3.25. The summed E-state index contributed by atoms with van der Waals surface area (Å²) in [4.78, 5) is 12.6. The summed E-state index contributed by atoms with van der Waals surface area (Å²) in [5.41, 5.74) is 8.02. The Labute approximate surface area is 200 Å². The van der Waals surface area contributed by atoms with Crippen LogP contribution in [0.5, 0.6) is 0 Å². The van der Waals surface area contributed by atoms with Crippen LogP contribution < -0.4 is 10.2 Å². The summed E-state index contributed by atoms with van der Waals surface area (Å²) in [7, 11) is 0. The Bertz CT molecular complexity index is 1330. The third kappa shape index (κ3) is 4.18. The molecule has 0 bridgehead atoms. The lowest BCUT2D eigenvalue weighted by Crippen LogP contribution is -2.44. The molecule has 0 saturated carbocycles. The van der Waals surface area contributed by atoms with Crippen LogP contribution in [-0.2, 0) is 6.54 Å². The van der Waals surface area contributed by atoms with E-state index in [1.54, 1.807) is 6.07 Å². The zero-order chi connectivity index (χ0) is 23.8. The highest BCUT2D eigenvalue weighted by Gasteiger charge is 2.23. The van der Waals surface area contributed by atoms with E-state index in [-0.39, 0.29) is 5.82 Å². The zero-order valence-corrected chi connectivity index (χ0v) is 20.4. The van der Waals surface area contributed by atoms with Crippen LogP contribution in [0.2, 0.25) is 0 Å². The lowest BCUT2D eigenvalue weighted by Gasteiger charge is -2.29. The molecule has 5 rings (SSSR count). The average Bonchev–Trinajstić information content (AvgIpc) is 3.19. The first-order valence-electron chi connectivity index (χ1n) is 12.1. The molecular weight excluding hydrogens is 425 g/mol. The second-order valence-corrected chi connectivity index (χ2v) is 9.54. The third-order valence-electron chi connectivity index (χ3n) is 6.65. The highest BCUT2D eigenvalue weighted by molar-refractivity contribution is 5.93. The van der Waals surface area contributed by atoms with E-state index in [2.05, 4.69) is 59.0 Å². The molecule has 1 fully saturated rings. The number of pyridine rings is 1. The van der Waals surface area contributed by atoms with Crippen molar-refractivity contribution >= 4 is 17.0 Å². The molecule has 176 valence electrons. The summed E-state index contributed by atoms with van der Waals surface area (Å²) < 4.78 is 16.2. The minimum atomic E-state index is -0.172. The highest BCUT2D eigenvalue weighted by atomic mass is 19.1. The van der Waals surface area contributed by atoms with E-state index in [1.165, 1.54) is 5.56 Å². The van der Waals surface area contributed by atoms with Gasteiger partial charge in [0.1, 0.15) is 11.3 Å². The molecule has 0 atom stereocenters. The van der Waals surface area contributed by atoms with Crippen molar-refractivity contribution in [3.63, 3.8) is 0 Å². The fraction of sp³-hybridized carbons (Fsp3) is 0.357. The van der Waals surface area contributed by atoms with E-state index in [1.807, 2.05) is 26.0 Å².